The standard InChI is InChI=1S/C13H20N4S/c1-10-15-7-11(8-16-13(2,3)4)17(10)9-12-14-5-6-18-12/h5-7,16H,8-9H2,1-4H3. The molecule has 0 amide bonds. The Hall–Kier alpha value is -1.20. The molecule has 0 spiro atoms. The molecule has 1 N–H and O–H groups in total. The van der Waals surface area contributed by atoms with Crippen molar-refractivity contribution >= 4 is 11.3 Å². The number of nitrogens with one attached hydrogen (secondary N) is 1. The third kappa shape index (κ3) is 3.40. The van der Waals surface area contributed by atoms with Crippen LogP contribution in [0.2, 0.25) is 0 Å². The molecular formula is C13H20N4S. The molecule has 0 radical (unpaired) electrons. The molecule has 5 heteroatoms. The minimum Gasteiger partial charge on any atom is -0.324 e. The van der Waals surface area contributed by atoms with E-state index in [1.165, 1.54) is 5.69 Å². The lowest BCUT2D eigenvalue weighted by Crippen LogP contribution is -2.35. The first-order valence-electron chi connectivity index (χ1n) is 6.10. The van der Waals surface area contributed by atoms with Gasteiger partial charge in [0, 0.05) is 29.9 Å². The van der Waals surface area contributed by atoms with Gasteiger partial charge in [-0.05, 0) is 27.7 Å². The summed E-state index contributed by atoms with van der Waals surface area (Å²) in [5, 5.41) is 6.62. The largest absolute Gasteiger partial charge is 0.324 e. The molecule has 0 aromatic carbocycles. The second-order valence-electron chi connectivity index (χ2n) is 5.41. The Labute approximate surface area is 112 Å². The van der Waals surface area contributed by atoms with Gasteiger partial charge in [0.25, 0.3) is 0 Å². The van der Waals surface area contributed by atoms with Gasteiger partial charge in [-0.3, -0.25) is 0 Å². The zero-order valence-corrected chi connectivity index (χ0v) is 12.2. The molecule has 0 bridgehead atoms. The molecule has 2 rings (SSSR count). The number of thiazole rings is 1. The number of hydrogen-bond acceptors (Lipinski definition) is 4. The number of nitrogens with zero attached hydrogens (tertiary/aromatic N) is 3. The fourth-order valence-electron chi connectivity index (χ4n) is 1.69. The molecule has 0 aliphatic carbocycles. The van der Waals surface area contributed by atoms with E-state index in [4.69, 9.17) is 0 Å². The predicted molar refractivity (Wildman–Crippen MR) is 74.8 cm³/mol. The highest BCUT2D eigenvalue weighted by Gasteiger charge is 2.12. The summed E-state index contributed by atoms with van der Waals surface area (Å²) in [5.41, 5.74) is 1.32. The molecule has 2 heterocycles. The van der Waals surface area contributed by atoms with Gasteiger partial charge in [-0.25, -0.2) is 9.97 Å². The molecule has 2 aromatic heterocycles. The molecule has 0 fully saturated rings. The second kappa shape index (κ2) is 5.20. The summed E-state index contributed by atoms with van der Waals surface area (Å²) in [6.07, 6.45) is 3.79. The van der Waals surface area contributed by atoms with Gasteiger partial charge in [-0.1, -0.05) is 0 Å². The van der Waals surface area contributed by atoms with Crippen LogP contribution in [0.4, 0.5) is 0 Å². The highest BCUT2D eigenvalue weighted by molar-refractivity contribution is 7.09. The van der Waals surface area contributed by atoms with E-state index in [9.17, 15) is 0 Å². The molecule has 18 heavy (non-hydrogen) atoms. The Morgan fingerprint density at radius 3 is 2.72 bits per heavy atom. The van der Waals surface area contributed by atoms with E-state index < -0.39 is 0 Å². The van der Waals surface area contributed by atoms with E-state index in [1.807, 2.05) is 24.7 Å². The van der Waals surface area contributed by atoms with Crippen molar-refractivity contribution in [1.82, 2.24) is 19.9 Å². The first-order chi connectivity index (χ1) is 8.46. The van der Waals surface area contributed by atoms with Crippen LogP contribution in [0.25, 0.3) is 0 Å². The third-order valence-corrected chi connectivity index (χ3v) is 3.48. The molecule has 0 aliphatic rings. The Kier molecular flexibility index (Phi) is 3.82. The summed E-state index contributed by atoms with van der Waals surface area (Å²) in [4.78, 5) is 8.73. The quantitative estimate of drug-likeness (QED) is 0.923. The maximum atomic E-state index is 4.40. The summed E-state index contributed by atoms with van der Waals surface area (Å²) >= 11 is 1.68. The number of hydrogen-bond donors (Lipinski definition) is 1. The lowest BCUT2D eigenvalue weighted by molar-refractivity contribution is 0.416. The van der Waals surface area contributed by atoms with Gasteiger partial charge in [0.2, 0.25) is 0 Å². The van der Waals surface area contributed by atoms with Crippen LogP contribution in [0.1, 0.15) is 37.3 Å². The molecule has 2 aromatic rings. The van der Waals surface area contributed by atoms with Crippen molar-refractivity contribution in [3.8, 4) is 0 Å². The number of aromatic nitrogens is 3. The summed E-state index contributed by atoms with van der Waals surface area (Å²) in [6.45, 7) is 10.2. The van der Waals surface area contributed by atoms with E-state index in [1.54, 1.807) is 11.3 Å². The van der Waals surface area contributed by atoms with Crippen LogP contribution in [0.5, 0.6) is 0 Å². The summed E-state index contributed by atoms with van der Waals surface area (Å²) in [5.74, 6) is 1.04. The number of rotatable bonds is 4. The van der Waals surface area contributed by atoms with Crippen LogP contribution >= 0.6 is 11.3 Å². The lowest BCUT2D eigenvalue weighted by atomic mass is 10.1. The Morgan fingerprint density at radius 2 is 2.11 bits per heavy atom. The van der Waals surface area contributed by atoms with Gasteiger partial charge in [0.05, 0.1) is 12.2 Å². The lowest BCUT2D eigenvalue weighted by Gasteiger charge is -2.21. The van der Waals surface area contributed by atoms with Gasteiger partial charge >= 0.3 is 0 Å². The van der Waals surface area contributed by atoms with Crippen LogP contribution in [0.3, 0.4) is 0 Å². The van der Waals surface area contributed by atoms with Crippen LogP contribution in [-0.4, -0.2) is 20.1 Å². The van der Waals surface area contributed by atoms with Crippen molar-refractivity contribution in [3.05, 3.63) is 34.3 Å². The SMILES string of the molecule is Cc1ncc(CNC(C)(C)C)n1Cc1nccs1. The fourth-order valence-corrected chi connectivity index (χ4v) is 2.30. The minimum atomic E-state index is 0.115. The zero-order chi connectivity index (χ0) is 13.2. The van der Waals surface area contributed by atoms with E-state index in [0.29, 0.717) is 0 Å². The molecule has 0 unspecified atom stereocenters. The van der Waals surface area contributed by atoms with E-state index in [-0.39, 0.29) is 5.54 Å². The second-order valence-corrected chi connectivity index (χ2v) is 6.39. The first-order valence-corrected chi connectivity index (χ1v) is 6.98. The highest BCUT2D eigenvalue weighted by Crippen LogP contribution is 2.12. The predicted octanol–water partition coefficient (Wildman–Crippen LogP) is 2.58. The molecule has 0 saturated heterocycles. The Balaban J connectivity index is 2.12. The minimum absolute atomic E-state index is 0.115. The van der Waals surface area contributed by atoms with Gasteiger partial charge in [-0.2, -0.15) is 0 Å². The number of aryl methyl sites for hydroxylation is 1. The molecule has 0 aliphatic heterocycles. The van der Waals surface area contributed by atoms with Crippen LogP contribution in [0.15, 0.2) is 17.8 Å². The van der Waals surface area contributed by atoms with Gasteiger partial charge in [0.15, 0.2) is 0 Å². The average molecular weight is 264 g/mol. The summed E-state index contributed by atoms with van der Waals surface area (Å²) < 4.78 is 2.22. The normalized spacial score (nSPS) is 12.0. The summed E-state index contributed by atoms with van der Waals surface area (Å²) in [6, 6.07) is 0. The topological polar surface area (TPSA) is 42.7 Å². The van der Waals surface area contributed by atoms with Crippen molar-refractivity contribution < 1.29 is 0 Å². The van der Waals surface area contributed by atoms with Crippen LogP contribution in [0, 0.1) is 6.92 Å². The average Bonchev–Trinajstić information content (AvgIpc) is 2.88. The highest BCUT2D eigenvalue weighted by atomic mass is 32.1. The van der Waals surface area contributed by atoms with Crippen molar-refractivity contribution in [2.75, 3.05) is 0 Å². The number of imidazole rings is 1. The Morgan fingerprint density at radius 1 is 1.33 bits per heavy atom. The van der Waals surface area contributed by atoms with Gasteiger partial charge < -0.3 is 9.88 Å². The van der Waals surface area contributed by atoms with Crippen molar-refractivity contribution in [2.45, 2.75) is 46.3 Å². The van der Waals surface area contributed by atoms with Gasteiger partial charge in [0.1, 0.15) is 10.8 Å². The third-order valence-electron chi connectivity index (χ3n) is 2.71. The maximum Gasteiger partial charge on any atom is 0.112 e. The Bertz CT molecular complexity index is 494. The van der Waals surface area contributed by atoms with Crippen molar-refractivity contribution in [2.24, 2.45) is 0 Å². The summed E-state index contributed by atoms with van der Waals surface area (Å²) in [7, 11) is 0. The van der Waals surface area contributed by atoms with Crippen LogP contribution < -0.4 is 5.32 Å². The van der Waals surface area contributed by atoms with Crippen LogP contribution in [-0.2, 0) is 13.1 Å². The molecule has 0 atom stereocenters. The monoisotopic (exact) mass is 264 g/mol. The molecule has 0 saturated carbocycles. The maximum absolute atomic E-state index is 4.40. The van der Waals surface area contributed by atoms with E-state index in [0.717, 1.165) is 23.9 Å². The molecule has 4 nitrogen and oxygen atoms in total. The van der Waals surface area contributed by atoms with Crippen molar-refractivity contribution in [3.63, 3.8) is 0 Å². The fraction of sp³-hybridized carbons (Fsp3) is 0.538. The zero-order valence-electron chi connectivity index (χ0n) is 11.4. The molecular weight excluding hydrogens is 244 g/mol. The first kappa shape index (κ1) is 13.2. The smallest absolute Gasteiger partial charge is 0.112 e. The van der Waals surface area contributed by atoms with Gasteiger partial charge in [-0.15, -0.1) is 11.3 Å². The van der Waals surface area contributed by atoms with Crippen molar-refractivity contribution in [1.29, 1.82) is 0 Å². The van der Waals surface area contributed by atoms with E-state index in [2.05, 4.69) is 40.6 Å². The van der Waals surface area contributed by atoms with E-state index >= 15 is 0 Å². The molecule has 98 valence electrons.